The number of aromatic nitrogens is 1. The SMILES string of the molecule is CCCOC1CCCN(c2ncc(F)cc2CNC)C1. The second-order valence-electron chi connectivity index (χ2n) is 5.25. The lowest BCUT2D eigenvalue weighted by Gasteiger charge is -2.34. The van der Waals surface area contributed by atoms with Crippen molar-refractivity contribution in [3.05, 3.63) is 23.6 Å². The molecular formula is C15H24FN3O. The summed E-state index contributed by atoms with van der Waals surface area (Å²) >= 11 is 0. The number of piperidine rings is 1. The lowest BCUT2D eigenvalue weighted by molar-refractivity contribution is 0.0439. The van der Waals surface area contributed by atoms with Gasteiger partial charge in [-0.15, -0.1) is 0 Å². The van der Waals surface area contributed by atoms with E-state index < -0.39 is 0 Å². The third kappa shape index (κ3) is 3.90. The molecule has 0 radical (unpaired) electrons. The van der Waals surface area contributed by atoms with Gasteiger partial charge in [0, 0.05) is 31.8 Å². The summed E-state index contributed by atoms with van der Waals surface area (Å²) in [4.78, 5) is 6.51. The van der Waals surface area contributed by atoms with Crippen LogP contribution < -0.4 is 10.2 Å². The summed E-state index contributed by atoms with van der Waals surface area (Å²) in [5.74, 6) is 0.598. The number of halogens is 1. The van der Waals surface area contributed by atoms with Crippen LogP contribution in [0, 0.1) is 5.82 Å². The van der Waals surface area contributed by atoms with Crippen molar-refractivity contribution in [2.75, 3.05) is 31.6 Å². The van der Waals surface area contributed by atoms with E-state index in [2.05, 4.69) is 22.1 Å². The molecule has 0 spiro atoms. The van der Waals surface area contributed by atoms with E-state index in [0.717, 1.165) is 50.3 Å². The molecule has 0 aromatic carbocycles. The number of rotatable bonds is 6. The van der Waals surface area contributed by atoms with Crippen LogP contribution in [-0.2, 0) is 11.3 Å². The Morgan fingerprint density at radius 1 is 1.55 bits per heavy atom. The summed E-state index contributed by atoms with van der Waals surface area (Å²) in [5.41, 5.74) is 0.906. The molecule has 0 bridgehead atoms. The summed E-state index contributed by atoms with van der Waals surface area (Å²) < 4.78 is 19.2. The van der Waals surface area contributed by atoms with Gasteiger partial charge in [0.05, 0.1) is 12.3 Å². The van der Waals surface area contributed by atoms with Gasteiger partial charge in [-0.05, 0) is 32.4 Å². The molecule has 112 valence electrons. The molecule has 0 aliphatic carbocycles. The topological polar surface area (TPSA) is 37.4 Å². The highest BCUT2D eigenvalue weighted by molar-refractivity contribution is 5.47. The van der Waals surface area contributed by atoms with E-state index in [-0.39, 0.29) is 11.9 Å². The molecule has 1 fully saturated rings. The van der Waals surface area contributed by atoms with E-state index in [4.69, 9.17) is 4.74 Å². The van der Waals surface area contributed by atoms with Gasteiger partial charge in [0.1, 0.15) is 11.6 Å². The third-order valence-electron chi connectivity index (χ3n) is 3.51. The molecule has 20 heavy (non-hydrogen) atoms. The molecule has 1 aromatic rings. The Hall–Kier alpha value is -1.20. The molecule has 2 heterocycles. The van der Waals surface area contributed by atoms with Crippen LogP contribution in [0.15, 0.2) is 12.3 Å². The smallest absolute Gasteiger partial charge is 0.141 e. The number of pyridine rings is 1. The van der Waals surface area contributed by atoms with Crippen molar-refractivity contribution >= 4 is 5.82 Å². The Bertz CT molecular complexity index is 428. The quantitative estimate of drug-likeness (QED) is 0.868. The second-order valence-corrected chi connectivity index (χ2v) is 5.25. The van der Waals surface area contributed by atoms with Crippen LogP contribution in [-0.4, -0.2) is 37.8 Å². The van der Waals surface area contributed by atoms with Crippen LogP contribution in [0.25, 0.3) is 0 Å². The minimum atomic E-state index is -0.283. The summed E-state index contributed by atoms with van der Waals surface area (Å²) in [6.07, 6.45) is 4.78. The van der Waals surface area contributed by atoms with E-state index in [1.165, 1.54) is 6.20 Å². The monoisotopic (exact) mass is 281 g/mol. The minimum Gasteiger partial charge on any atom is -0.376 e. The average molecular weight is 281 g/mol. The summed E-state index contributed by atoms with van der Waals surface area (Å²) in [6, 6.07) is 1.56. The second kappa shape index (κ2) is 7.55. The van der Waals surface area contributed by atoms with E-state index in [9.17, 15) is 4.39 Å². The first-order valence-corrected chi connectivity index (χ1v) is 7.40. The Balaban J connectivity index is 2.09. The first kappa shape index (κ1) is 15.2. The largest absolute Gasteiger partial charge is 0.376 e. The number of ether oxygens (including phenoxy) is 1. The lowest BCUT2D eigenvalue weighted by Crippen LogP contribution is -2.41. The number of hydrogen-bond acceptors (Lipinski definition) is 4. The van der Waals surface area contributed by atoms with Gasteiger partial charge in [-0.3, -0.25) is 0 Å². The number of nitrogens with one attached hydrogen (secondary N) is 1. The van der Waals surface area contributed by atoms with Gasteiger partial charge in [-0.2, -0.15) is 0 Å². The molecule has 1 saturated heterocycles. The number of anilines is 1. The first-order valence-electron chi connectivity index (χ1n) is 7.40. The molecule has 1 N–H and O–H groups in total. The van der Waals surface area contributed by atoms with Crippen molar-refractivity contribution in [1.82, 2.24) is 10.3 Å². The van der Waals surface area contributed by atoms with Crippen LogP contribution >= 0.6 is 0 Å². The molecule has 1 aliphatic rings. The van der Waals surface area contributed by atoms with Gasteiger partial charge < -0.3 is 15.0 Å². The fourth-order valence-electron chi connectivity index (χ4n) is 2.63. The third-order valence-corrected chi connectivity index (χ3v) is 3.51. The first-order chi connectivity index (χ1) is 9.74. The Kier molecular flexibility index (Phi) is 5.73. The Labute approximate surface area is 120 Å². The minimum absolute atomic E-state index is 0.262. The number of hydrogen-bond donors (Lipinski definition) is 1. The van der Waals surface area contributed by atoms with Gasteiger partial charge in [-0.1, -0.05) is 6.92 Å². The van der Waals surface area contributed by atoms with Crippen LogP contribution in [0.3, 0.4) is 0 Å². The summed E-state index contributed by atoms with van der Waals surface area (Å²) in [6.45, 7) is 5.35. The molecule has 2 rings (SSSR count). The van der Waals surface area contributed by atoms with Gasteiger partial charge in [0.15, 0.2) is 0 Å². The van der Waals surface area contributed by atoms with Crippen molar-refractivity contribution in [1.29, 1.82) is 0 Å². The molecule has 1 aromatic heterocycles. The molecule has 0 amide bonds. The molecule has 0 saturated carbocycles. The fourth-order valence-corrected chi connectivity index (χ4v) is 2.63. The van der Waals surface area contributed by atoms with E-state index in [1.807, 2.05) is 7.05 Å². The normalized spacial score (nSPS) is 19.4. The van der Waals surface area contributed by atoms with Crippen LogP contribution in [0.2, 0.25) is 0 Å². The van der Waals surface area contributed by atoms with Crippen LogP contribution in [0.5, 0.6) is 0 Å². The highest BCUT2D eigenvalue weighted by Crippen LogP contribution is 2.23. The van der Waals surface area contributed by atoms with Crippen molar-refractivity contribution < 1.29 is 9.13 Å². The van der Waals surface area contributed by atoms with Gasteiger partial charge in [-0.25, -0.2) is 9.37 Å². The molecule has 1 atom stereocenters. The molecular weight excluding hydrogens is 257 g/mol. The molecule has 1 unspecified atom stereocenters. The zero-order chi connectivity index (χ0) is 14.4. The Morgan fingerprint density at radius 2 is 2.40 bits per heavy atom. The standard InChI is InChI=1S/C15H24FN3O/c1-3-7-20-14-5-4-6-19(11-14)15-12(9-17-2)8-13(16)10-18-15/h8,10,14,17H,3-7,9,11H2,1-2H3. The van der Waals surface area contributed by atoms with Gasteiger partial charge in [0.25, 0.3) is 0 Å². The molecule has 4 nitrogen and oxygen atoms in total. The highest BCUT2D eigenvalue weighted by Gasteiger charge is 2.23. The maximum atomic E-state index is 13.3. The highest BCUT2D eigenvalue weighted by atomic mass is 19.1. The predicted octanol–water partition coefficient (Wildman–Crippen LogP) is 2.34. The van der Waals surface area contributed by atoms with Gasteiger partial charge >= 0.3 is 0 Å². The van der Waals surface area contributed by atoms with Crippen molar-refractivity contribution in [3.63, 3.8) is 0 Å². The zero-order valence-corrected chi connectivity index (χ0v) is 12.4. The molecule has 1 aliphatic heterocycles. The van der Waals surface area contributed by atoms with Crippen molar-refractivity contribution in [2.45, 2.75) is 38.8 Å². The zero-order valence-electron chi connectivity index (χ0n) is 12.4. The van der Waals surface area contributed by atoms with E-state index in [0.29, 0.717) is 6.54 Å². The maximum Gasteiger partial charge on any atom is 0.141 e. The predicted molar refractivity (Wildman–Crippen MR) is 78.4 cm³/mol. The molecule has 5 heteroatoms. The van der Waals surface area contributed by atoms with E-state index in [1.54, 1.807) is 6.07 Å². The van der Waals surface area contributed by atoms with Gasteiger partial charge in [0.2, 0.25) is 0 Å². The summed E-state index contributed by atoms with van der Waals surface area (Å²) in [5, 5.41) is 3.07. The lowest BCUT2D eigenvalue weighted by atomic mass is 10.1. The van der Waals surface area contributed by atoms with Crippen molar-refractivity contribution in [3.8, 4) is 0 Å². The van der Waals surface area contributed by atoms with E-state index >= 15 is 0 Å². The van der Waals surface area contributed by atoms with Crippen LogP contribution in [0.1, 0.15) is 31.7 Å². The fraction of sp³-hybridized carbons (Fsp3) is 0.667. The van der Waals surface area contributed by atoms with Crippen molar-refractivity contribution in [2.24, 2.45) is 0 Å². The Morgan fingerprint density at radius 3 is 3.15 bits per heavy atom. The average Bonchev–Trinajstić information content (AvgIpc) is 2.46. The van der Waals surface area contributed by atoms with Crippen LogP contribution in [0.4, 0.5) is 10.2 Å². The number of nitrogens with zero attached hydrogens (tertiary/aromatic N) is 2. The maximum absolute atomic E-state index is 13.3. The summed E-state index contributed by atoms with van der Waals surface area (Å²) in [7, 11) is 1.86.